The Morgan fingerprint density at radius 2 is 1.48 bits per heavy atom. The summed E-state index contributed by atoms with van der Waals surface area (Å²) in [4.78, 5) is 0. The summed E-state index contributed by atoms with van der Waals surface area (Å²) in [5.74, 6) is 0.457. The lowest BCUT2D eigenvalue weighted by Gasteiger charge is -2.41. The van der Waals surface area contributed by atoms with Crippen molar-refractivity contribution in [2.75, 3.05) is 0 Å². The van der Waals surface area contributed by atoms with E-state index >= 15 is 0 Å². The molecule has 0 saturated carbocycles. The highest BCUT2D eigenvalue weighted by atomic mass is 31.2. The number of nitrogens with zero attached hydrogens (tertiary/aromatic N) is 1. The Balaban J connectivity index is 2.01. The van der Waals surface area contributed by atoms with E-state index in [9.17, 15) is 4.57 Å². The van der Waals surface area contributed by atoms with Crippen molar-refractivity contribution in [2.24, 2.45) is 11.8 Å². The molecule has 1 aliphatic heterocycles. The van der Waals surface area contributed by atoms with Gasteiger partial charge >= 0.3 is 0 Å². The van der Waals surface area contributed by atoms with Crippen molar-refractivity contribution in [3.8, 4) is 0 Å². The third kappa shape index (κ3) is 2.96. The molecule has 2 nitrogen and oxygen atoms in total. The van der Waals surface area contributed by atoms with Crippen LogP contribution in [-0.4, -0.2) is 10.2 Å². The minimum Gasteiger partial charge on any atom is -0.297 e. The van der Waals surface area contributed by atoms with Crippen molar-refractivity contribution in [3.05, 3.63) is 89.8 Å². The van der Waals surface area contributed by atoms with Gasteiger partial charge in [0.2, 0.25) is 7.29 Å². The quantitative estimate of drug-likeness (QED) is 0.462. The van der Waals surface area contributed by atoms with Gasteiger partial charge in [0.25, 0.3) is 0 Å². The molecule has 0 radical (unpaired) electrons. The topological polar surface area (TPSA) is 20.3 Å². The number of allylic oxidation sites excluding steroid dienone is 2. The molecule has 0 amide bonds. The molecule has 2 aromatic rings. The average Bonchev–Trinajstić information content (AvgIpc) is 2.93. The van der Waals surface area contributed by atoms with Crippen LogP contribution in [0.25, 0.3) is 0 Å². The summed E-state index contributed by atoms with van der Waals surface area (Å²) < 4.78 is 17.2. The van der Waals surface area contributed by atoms with E-state index in [0.717, 1.165) is 10.6 Å². The van der Waals surface area contributed by atoms with Crippen molar-refractivity contribution < 1.29 is 4.57 Å². The first-order chi connectivity index (χ1) is 12.8. The van der Waals surface area contributed by atoms with Crippen molar-refractivity contribution >= 4 is 12.6 Å². The summed E-state index contributed by atoms with van der Waals surface area (Å²) in [5.41, 5.74) is 0.998. The molecular weight excluding hydrogens is 349 g/mol. The fraction of sp³-hybridized carbons (Fsp3) is 0.333. The van der Waals surface area contributed by atoms with Gasteiger partial charge < -0.3 is 0 Å². The Hall–Kier alpha value is -1.89. The average molecular weight is 377 g/mol. The van der Waals surface area contributed by atoms with Crippen LogP contribution in [0.4, 0.5) is 0 Å². The first kappa shape index (κ1) is 18.5. The van der Waals surface area contributed by atoms with Crippen LogP contribution in [-0.2, 0) is 4.57 Å². The predicted octanol–water partition coefficient (Wildman–Crippen LogP) is 6.15. The zero-order chi connectivity index (χ0) is 19.2. The van der Waals surface area contributed by atoms with Crippen LogP contribution in [0, 0.1) is 11.8 Å². The van der Waals surface area contributed by atoms with Gasteiger partial charge in [-0.1, -0.05) is 73.7 Å². The summed E-state index contributed by atoms with van der Waals surface area (Å²) >= 11 is 0. The largest absolute Gasteiger partial charge is 0.297 e. The molecule has 0 N–H and O–H groups in total. The van der Waals surface area contributed by atoms with Gasteiger partial charge in [0.05, 0.1) is 6.04 Å². The highest BCUT2D eigenvalue weighted by Crippen LogP contribution is 2.73. The molecule has 3 heteroatoms. The fourth-order valence-electron chi connectivity index (χ4n) is 4.59. The zero-order valence-electron chi connectivity index (χ0n) is 16.5. The maximum atomic E-state index is 14.9. The van der Waals surface area contributed by atoms with E-state index in [1.807, 2.05) is 36.4 Å². The molecule has 140 valence electrons. The Bertz CT molecular complexity index is 924. The molecule has 27 heavy (non-hydrogen) atoms. The van der Waals surface area contributed by atoms with Crippen molar-refractivity contribution in [1.29, 1.82) is 0 Å². The van der Waals surface area contributed by atoms with Gasteiger partial charge in [-0.25, -0.2) is 4.67 Å². The minimum absolute atomic E-state index is 0.0761. The van der Waals surface area contributed by atoms with E-state index in [4.69, 9.17) is 0 Å². The number of rotatable bonds is 2. The number of hydrogen-bond donors (Lipinski definition) is 0. The molecule has 1 heterocycles. The molecule has 1 saturated heterocycles. The molecule has 1 fully saturated rings. The fourth-order valence-corrected chi connectivity index (χ4v) is 8.51. The Morgan fingerprint density at radius 3 is 2.07 bits per heavy atom. The SMILES string of the molecule is C[C@H]1C=C[C@@H]2C(=C1)P(=O)(c1ccccc1)N(C(C)(C)C)[C@H]2c1ccccc1. The number of fused-ring (bicyclic) bond motifs is 1. The van der Waals surface area contributed by atoms with Gasteiger partial charge in [-0.05, 0) is 44.4 Å². The number of benzene rings is 2. The Kier molecular flexibility index (Phi) is 4.53. The first-order valence-electron chi connectivity index (χ1n) is 9.74. The molecule has 0 bridgehead atoms. The molecule has 4 atom stereocenters. The van der Waals surface area contributed by atoms with Crippen LogP contribution in [0.1, 0.15) is 39.3 Å². The van der Waals surface area contributed by atoms with E-state index in [0.29, 0.717) is 5.92 Å². The van der Waals surface area contributed by atoms with Crippen LogP contribution >= 0.6 is 7.29 Å². The molecule has 2 aliphatic rings. The van der Waals surface area contributed by atoms with Crippen LogP contribution in [0.3, 0.4) is 0 Å². The van der Waals surface area contributed by atoms with Gasteiger partial charge in [0.1, 0.15) is 0 Å². The van der Waals surface area contributed by atoms with Gasteiger partial charge in [-0.3, -0.25) is 4.57 Å². The van der Waals surface area contributed by atoms with Crippen molar-refractivity contribution in [2.45, 2.75) is 39.3 Å². The molecule has 4 rings (SSSR count). The van der Waals surface area contributed by atoms with Gasteiger partial charge in [0, 0.05) is 22.1 Å². The summed E-state index contributed by atoms with van der Waals surface area (Å²) in [6, 6.07) is 20.7. The highest BCUT2D eigenvalue weighted by Gasteiger charge is 2.57. The molecule has 0 spiro atoms. The summed E-state index contributed by atoms with van der Waals surface area (Å²) in [6.07, 6.45) is 6.80. The normalized spacial score (nSPS) is 30.8. The van der Waals surface area contributed by atoms with Crippen molar-refractivity contribution in [3.63, 3.8) is 0 Å². The van der Waals surface area contributed by atoms with Gasteiger partial charge in [-0.15, -0.1) is 0 Å². The molecule has 1 unspecified atom stereocenters. The lowest BCUT2D eigenvalue weighted by Crippen LogP contribution is -2.41. The molecule has 0 aromatic heterocycles. The monoisotopic (exact) mass is 377 g/mol. The smallest absolute Gasteiger partial charge is 0.204 e. The summed E-state index contributed by atoms with van der Waals surface area (Å²) in [7, 11) is -2.90. The van der Waals surface area contributed by atoms with E-state index < -0.39 is 7.29 Å². The van der Waals surface area contributed by atoms with E-state index in [2.05, 4.69) is 74.9 Å². The second-order valence-corrected chi connectivity index (χ2v) is 11.3. The Labute approximate surface area is 163 Å². The lowest BCUT2D eigenvalue weighted by atomic mass is 9.86. The predicted molar refractivity (Wildman–Crippen MR) is 114 cm³/mol. The number of hydrogen-bond acceptors (Lipinski definition) is 1. The second kappa shape index (κ2) is 6.62. The van der Waals surface area contributed by atoms with Gasteiger partial charge in [0.15, 0.2) is 0 Å². The van der Waals surface area contributed by atoms with Crippen LogP contribution in [0.2, 0.25) is 0 Å². The standard InChI is InChI=1S/C24H28NOP/c1-18-15-16-21-22(17-18)27(26,20-13-9-6-10-14-20)25(24(2,3)4)23(21)19-11-7-5-8-12-19/h5-18,21,23H,1-4H3/t18-,21+,23-,27?/m0/s1. The third-order valence-electron chi connectivity index (χ3n) is 5.59. The maximum Gasteiger partial charge on any atom is 0.204 e. The van der Waals surface area contributed by atoms with Crippen LogP contribution in [0.5, 0.6) is 0 Å². The Morgan fingerprint density at radius 1 is 0.889 bits per heavy atom. The lowest BCUT2D eigenvalue weighted by molar-refractivity contribution is 0.189. The summed E-state index contributed by atoms with van der Waals surface area (Å²) in [6.45, 7) is 8.73. The maximum absolute atomic E-state index is 14.9. The van der Waals surface area contributed by atoms with Gasteiger partial charge in [-0.2, -0.15) is 0 Å². The minimum atomic E-state index is -2.90. The first-order valence-corrected chi connectivity index (χ1v) is 11.4. The molecule has 2 aromatic carbocycles. The highest BCUT2D eigenvalue weighted by molar-refractivity contribution is 7.73. The van der Waals surface area contributed by atoms with E-state index in [-0.39, 0.29) is 17.5 Å². The van der Waals surface area contributed by atoms with E-state index in [1.165, 1.54) is 5.56 Å². The van der Waals surface area contributed by atoms with E-state index in [1.54, 1.807) is 0 Å². The third-order valence-corrected chi connectivity index (χ3v) is 9.19. The summed E-state index contributed by atoms with van der Waals surface area (Å²) in [5, 5.41) is 2.05. The second-order valence-electron chi connectivity index (χ2n) is 8.64. The molecular formula is C24H28NOP. The zero-order valence-corrected chi connectivity index (χ0v) is 17.4. The van der Waals surface area contributed by atoms with Crippen molar-refractivity contribution in [1.82, 2.24) is 4.67 Å². The molecule has 1 aliphatic carbocycles. The van der Waals surface area contributed by atoms with Crippen LogP contribution in [0.15, 0.2) is 84.2 Å². The van der Waals surface area contributed by atoms with Crippen LogP contribution < -0.4 is 5.30 Å².